The zero-order chi connectivity index (χ0) is 10.4. The van der Waals surface area contributed by atoms with Crippen molar-refractivity contribution in [3.8, 4) is 0 Å². The Morgan fingerprint density at radius 3 is 3.07 bits per heavy atom. The zero-order valence-electron chi connectivity index (χ0n) is 8.29. The Hall–Kier alpha value is -1.36. The molecule has 78 valence electrons. The lowest BCUT2D eigenvalue weighted by atomic mass is 9.98. The van der Waals surface area contributed by atoms with E-state index in [2.05, 4.69) is 4.98 Å². The van der Waals surface area contributed by atoms with Gasteiger partial charge in [-0.1, -0.05) is 0 Å². The molecule has 0 saturated carbocycles. The molecule has 1 aliphatic rings. The highest BCUT2D eigenvalue weighted by Crippen LogP contribution is 2.26. The van der Waals surface area contributed by atoms with E-state index in [1.807, 2.05) is 0 Å². The zero-order valence-corrected chi connectivity index (χ0v) is 9.10. The molecular formula is C10H12N4S. The topological polar surface area (TPSA) is 67.7 Å². The molecule has 2 aromatic rings. The smallest absolute Gasteiger partial charge is 0.146 e. The quantitative estimate of drug-likeness (QED) is 0.654. The van der Waals surface area contributed by atoms with Gasteiger partial charge in [0.2, 0.25) is 0 Å². The summed E-state index contributed by atoms with van der Waals surface area (Å²) in [7, 11) is 0. The van der Waals surface area contributed by atoms with E-state index in [-0.39, 0.29) is 0 Å². The lowest BCUT2D eigenvalue weighted by Crippen LogP contribution is -2.19. The number of rotatable bonds is 0. The van der Waals surface area contributed by atoms with E-state index in [0.717, 1.165) is 23.2 Å². The standard InChI is InChI=1S/C10H12N4S/c11-8-6-3-1-2-4-7(6)15-10-9(8)14(12)5-13-10/h5,11H,1-4,12H2. The number of nitrogens with zero attached hydrogens (tertiary/aromatic N) is 2. The molecule has 2 heterocycles. The van der Waals surface area contributed by atoms with Gasteiger partial charge in [-0.3, -0.25) is 5.41 Å². The monoisotopic (exact) mass is 220 g/mol. The summed E-state index contributed by atoms with van der Waals surface area (Å²) in [6.45, 7) is 0. The predicted octanol–water partition coefficient (Wildman–Crippen LogP) is 1.17. The van der Waals surface area contributed by atoms with E-state index in [1.54, 1.807) is 17.7 Å². The third-order valence-corrected chi connectivity index (χ3v) is 4.12. The number of aryl methyl sites for hydroxylation is 1. The molecule has 0 spiro atoms. The molecule has 0 aromatic carbocycles. The number of fused-ring (bicyclic) bond motifs is 2. The Labute approximate surface area is 90.9 Å². The van der Waals surface area contributed by atoms with Gasteiger partial charge in [-0.05, 0) is 31.2 Å². The van der Waals surface area contributed by atoms with Crippen LogP contribution in [0.5, 0.6) is 0 Å². The maximum atomic E-state index is 8.14. The third kappa shape index (κ3) is 1.19. The molecule has 15 heavy (non-hydrogen) atoms. The van der Waals surface area contributed by atoms with Crippen molar-refractivity contribution in [1.29, 1.82) is 5.41 Å². The minimum atomic E-state index is 0.582. The van der Waals surface area contributed by atoms with Crippen LogP contribution in [0.4, 0.5) is 0 Å². The van der Waals surface area contributed by atoms with Crippen LogP contribution in [0.2, 0.25) is 0 Å². The van der Waals surface area contributed by atoms with Gasteiger partial charge in [0.15, 0.2) is 0 Å². The van der Waals surface area contributed by atoms with Crippen molar-refractivity contribution in [1.82, 2.24) is 9.66 Å². The van der Waals surface area contributed by atoms with E-state index < -0.39 is 0 Å². The summed E-state index contributed by atoms with van der Waals surface area (Å²) < 4.78 is 1.46. The van der Waals surface area contributed by atoms with Crippen LogP contribution >= 0.6 is 11.3 Å². The van der Waals surface area contributed by atoms with Gasteiger partial charge >= 0.3 is 0 Å². The molecule has 0 unspecified atom stereocenters. The lowest BCUT2D eigenvalue weighted by Gasteiger charge is -2.14. The average Bonchev–Trinajstić information content (AvgIpc) is 2.61. The van der Waals surface area contributed by atoms with Crippen molar-refractivity contribution < 1.29 is 0 Å². The predicted molar refractivity (Wildman–Crippen MR) is 60.3 cm³/mol. The number of nitrogen functional groups attached to an aromatic ring is 1. The lowest BCUT2D eigenvalue weighted by molar-refractivity contribution is 0.689. The van der Waals surface area contributed by atoms with Crippen molar-refractivity contribution in [2.75, 3.05) is 5.84 Å². The number of nitrogens with two attached hydrogens (primary N) is 1. The Kier molecular flexibility index (Phi) is 1.82. The van der Waals surface area contributed by atoms with Crippen LogP contribution in [-0.4, -0.2) is 9.66 Å². The summed E-state index contributed by atoms with van der Waals surface area (Å²) >= 11 is 1.69. The summed E-state index contributed by atoms with van der Waals surface area (Å²) in [5, 5.41) is 8.72. The van der Waals surface area contributed by atoms with Crippen LogP contribution in [0.15, 0.2) is 6.33 Å². The van der Waals surface area contributed by atoms with E-state index in [0.29, 0.717) is 5.36 Å². The molecule has 0 fully saturated rings. The normalized spacial score (nSPS) is 15.5. The molecule has 0 radical (unpaired) electrons. The van der Waals surface area contributed by atoms with E-state index in [9.17, 15) is 0 Å². The highest BCUT2D eigenvalue weighted by atomic mass is 32.1. The molecule has 5 heteroatoms. The molecule has 2 aromatic heterocycles. The van der Waals surface area contributed by atoms with Crippen molar-refractivity contribution in [3.05, 3.63) is 22.1 Å². The van der Waals surface area contributed by atoms with Crippen molar-refractivity contribution in [2.45, 2.75) is 25.7 Å². The molecule has 3 N–H and O–H groups in total. The molecule has 0 aliphatic heterocycles. The molecule has 1 aliphatic carbocycles. The van der Waals surface area contributed by atoms with Gasteiger partial charge in [0, 0.05) is 4.88 Å². The summed E-state index contributed by atoms with van der Waals surface area (Å²) in [5.74, 6) is 5.75. The Morgan fingerprint density at radius 2 is 2.20 bits per heavy atom. The first kappa shape index (κ1) is 8.91. The minimum Gasteiger partial charge on any atom is -0.338 e. The van der Waals surface area contributed by atoms with Gasteiger partial charge in [0.05, 0.1) is 5.36 Å². The second kappa shape index (κ2) is 3.06. The van der Waals surface area contributed by atoms with Crippen LogP contribution < -0.4 is 11.2 Å². The van der Waals surface area contributed by atoms with Crippen LogP contribution in [0, 0.1) is 5.41 Å². The van der Waals surface area contributed by atoms with E-state index in [4.69, 9.17) is 11.3 Å². The fourth-order valence-electron chi connectivity index (χ4n) is 2.17. The summed E-state index contributed by atoms with van der Waals surface area (Å²) in [6, 6.07) is 0. The second-order valence-corrected chi connectivity index (χ2v) is 4.98. The molecule has 0 amide bonds. The fraction of sp³-hybridized carbons (Fsp3) is 0.400. The first-order valence-corrected chi connectivity index (χ1v) is 5.90. The third-order valence-electron chi connectivity index (χ3n) is 2.94. The summed E-state index contributed by atoms with van der Waals surface area (Å²) in [6.07, 6.45) is 6.13. The van der Waals surface area contributed by atoms with E-state index in [1.165, 1.54) is 28.0 Å². The number of hydrogen-bond donors (Lipinski definition) is 2. The summed E-state index contributed by atoms with van der Waals surface area (Å²) in [4.78, 5) is 6.45. The van der Waals surface area contributed by atoms with Crippen LogP contribution in [0.3, 0.4) is 0 Å². The van der Waals surface area contributed by atoms with Gasteiger partial charge in [-0.2, -0.15) is 0 Å². The second-order valence-electron chi connectivity index (χ2n) is 3.89. The maximum absolute atomic E-state index is 8.14. The van der Waals surface area contributed by atoms with Gasteiger partial charge in [-0.25, -0.2) is 9.66 Å². The van der Waals surface area contributed by atoms with Crippen LogP contribution in [-0.2, 0) is 12.8 Å². The van der Waals surface area contributed by atoms with Gasteiger partial charge in [0.25, 0.3) is 0 Å². The molecule has 0 saturated heterocycles. The number of imidazole rings is 1. The van der Waals surface area contributed by atoms with Crippen molar-refractivity contribution in [3.63, 3.8) is 0 Å². The minimum absolute atomic E-state index is 0.582. The average molecular weight is 220 g/mol. The van der Waals surface area contributed by atoms with Crippen LogP contribution in [0.1, 0.15) is 23.3 Å². The molecule has 4 nitrogen and oxygen atoms in total. The molecule has 0 bridgehead atoms. The molecule has 0 atom stereocenters. The Balaban J connectivity index is 2.44. The number of hydrogen-bond acceptors (Lipinski definition) is 4. The van der Waals surface area contributed by atoms with Crippen molar-refractivity contribution in [2.24, 2.45) is 0 Å². The van der Waals surface area contributed by atoms with E-state index >= 15 is 0 Å². The van der Waals surface area contributed by atoms with Gasteiger partial charge < -0.3 is 5.84 Å². The first-order valence-electron chi connectivity index (χ1n) is 5.09. The highest BCUT2D eigenvalue weighted by Gasteiger charge is 2.16. The Morgan fingerprint density at radius 1 is 1.40 bits per heavy atom. The SMILES string of the molecule is N=c1c2c(sc3ncn(N)c13)CCCC2. The fourth-order valence-corrected chi connectivity index (χ4v) is 3.38. The largest absolute Gasteiger partial charge is 0.338 e. The first-order chi connectivity index (χ1) is 7.27. The molecular weight excluding hydrogens is 208 g/mol. The van der Waals surface area contributed by atoms with Gasteiger partial charge in [0.1, 0.15) is 16.7 Å². The number of nitrogens with one attached hydrogen (secondary N) is 1. The maximum Gasteiger partial charge on any atom is 0.146 e. The Bertz CT molecular complexity index is 581. The van der Waals surface area contributed by atoms with Gasteiger partial charge in [-0.15, -0.1) is 11.3 Å². The molecule has 3 rings (SSSR count). The van der Waals surface area contributed by atoms with Crippen LogP contribution in [0.25, 0.3) is 10.3 Å². The highest BCUT2D eigenvalue weighted by molar-refractivity contribution is 7.18. The summed E-state index contributed by atoms with van der Waals surface area (Å²) in [5.41, 5.74) is 1.96. The number of aromatic nitrogens is 2. The van der Waals surface area contributed by atoms with Crippen molar-refractivity contribution >= 4 is 21.7 Å².